The highest BCUT2D eigenvalue weighted by molar-refractivity contribution is 8.01. The zero-order valence-corrected chi connectivity index (χ0v) is 26.0. The maximum atomic E-state index is 14.0. The smallest absolute Gasteiger partial charge is 0.414 e. The molecule has 13 heteroatoms. The summed E-state index contributed by atoms with van der Waals surface area (Å²) in [6, 6.07) is 7.53. The number of carbonyl (C=O) groups is 3. The van der Waals surface area contributed by atoms with Crippen LogP contribution in [0.1, 0.15) is 40.2 Å². The molecule has 0 radical (unpaired) electrons. The second kappa shape index (κ2) is 12.8. The van der Waals surface area contributed by atoms with Gasteiger partial charge < -0.3 is 14.4 Å². The monoisotopic (exact) mass is 606 g/mol. The van der Waals surface area contributed by atoms with Crippen molar-refractivity contribution in [2.24, 2.45) is 5.41 Å². The van der Waals surface area contributed by atoms with Crippen molar-refractivity contribution in [1.29, 1.82) is 0 Å². The number of ether oxygens (including phenoxy) is 2. The number of nitrogens with one attached hydrogen (secondary N) is 1. The first-order valence-corrected chi connectivity index (χ1v) is 15.5. The molecule has 1 saturated heterocycles. The van der Waals surface area contributed by atoms with Crippen LogP contribution in [0.25, 0.3) is 0 Å². The Labute approximate surface area is 246 Å². The van der Waals surface area contributed by atoms with Gasteiger partial charge in [-0.25, -0.2) is 22.3 Å². The first-order chi connectivity index (χ1) is 19.0. The van der Waals surface area contributed by atoms with E-state index >= 15 is 0 Å². The third-order valence-electron chi connectivity index (χ3n) is 5.89. The van der Waals surface area contributed by atoms with Gasteiger partial charge in [0.05, 0.1) is 6.61 Å². The highest BCUT2D eigenvalue weighted by atomic mass is 32.2. The van der Waals surface area contributed by atoms with Crippen LogP contribution >= 0.6 is 11.8 Å². The Bertz CT molecular complexity index is 1340. The van der Waals surface area contributed by atoms with Crippen molar-refractivity contribution >= 4 is 39.8 Å². The zero-order valence-electron chi connectivity index (χ0n) is 24.4. The molecule has 0 spiro atoms. The van der Waals surface area contributed by atoms with Gasteiger partial charge in [0.1, 0.15) is 22.1 Å². The summed E-state index contributed by atoms with van der Waals surface area (Å²) in [4.78, 5) is 44.5. The lowest BCUT2D eigenvalue weighted by molar-refractivity contribution is -0.154. The number of hydrogen-bond donors (Lipinski definition) is 1. The maximum absolute atomic E-state index is 14.0. The van der Waals surface area contributed by atoms with Crippen LogP contribution in [0.3, 0.4) is 0 Å². The van der Waals surface area contributed by atoms with Crippen molar-refractivity contribution in [3.63, 3.8) is 0 Å². The van der Waals surface area contributed by atoms with E-state index in [9.17, 15) is 22.8 Å². The number of esters is 1. The summed E-state index contributed by atoms with van der Waals surface area (Å²) >= 11 is 1.27. The quantitative estimate of drug-likeness (QED) is 0.424. The minimum Gasteiger partial charge on any atom is -0.464 e. The van der Waals surface area contributed by atoms with Gasteiger partial charge in [-0.1, -0.05) is 32.9 Å². The van der Waals surface area contributed by atoms with Crippen molar-refractivity contribution < 1.29 is 32.3 Å². The van der Waals surface area contributed by atoms with E-state index in [2.05, 4.69) is 10.3 Å². The number of pyridine rings is 1. The first-order valence-electron chi connectivity index (χ1n) is 13.0. The average Bonchev–Trinajstić information content (AvgIpc) is 3.27. The molecule has 1 aliphatic rings. The molecule has 1 fully saturated rings. The van der Waals surface area contributed by atoms with E-state index < -0.39 is 50.4 Å². The van der Waals surface area contributed by atoms with Crippen molar-refractivity contribution in [1.82, 2.24) is 19.5 Å². The van der Waals surface area contributed by atoms with E-state index in [1.807, 2.05) is 34.6 Å². The van der Waals surface area contributed by atoms with Gasteiger partial charge in [0.25, 0.3) is 15.9 Å². The number of sulfonamides is 1. The minimum atomic E-state index is -4.53. The Balaban J connectivity index is 2.06. The molecule has 1 aromatic carbocycles. The Morgan fingerprint density at radius 1 is 1.15 bits per heavy atom. The van der Waals surface area contributed by atoms with E-state index in [1.165, 1.54) is 47.1 Å². The molecular formula is C28H38N4O7S2. The molecule has 2 aromatic rings. The van der Waals surface area contributed by atoms with Crippen molar-refractivity contribution in [3.8, 4) is 5.75 Å². The summed E-state index contributed by atoms with van der Waals surface area (Å²) in [6.07, 6.45) is 1.82. The standard InChI is InChI=1S/C28H38N4O7S2/c1-27(2,3)17-38-25(34)22(15-19-10-12-20(13-11-19)39-26(35)31(6)7)32(24(33)23-30-28(4,5)18-40-23)41(36,37)21-9-8-14-29-16-21/h8-14,16,22-23,30H,15,17-18H2,1-7H3/t22-,23-/m0/s1. The first kappa shape index (κ1) is 32.4. The summed E-state index contributed by atoms with van der Waals surface area (Å²) in [5, 5.41) is 2.27. The Hall–Kier alpha value is -3.16. The number of nitrogens with zero attached hydrogens (tertiary/aromatic N) is 3. The Morgan fingerprint density at radius 2 is 1.80 bits per heavy atom. The van der Waals surface area contributed by atoms with Crippen molar-refractivity contribution in [2.75, 3.05) is 26.5 Å². The number of hydrogen-bond acceptors (Lipinski definition) is 10. The van der Waals surface area contributed by atoms with Crippen LogP contribution in [0.2, 0.25) is 0 Å². The van der Waals surface area contributed by atoms with E-state index in [0.29, 0.717) is 15.6 Å². The molecule has 1 N–H and O–H groups in total. The van der Waals surface area contributed by atoms with Crippen LogP contribution in [0, 0.1) is 5.41 Å². The largest absolute Gasteiger partial charge is 0.464 e. The van der Waals surface area contributed by atoms with E-state index in [-0.39, 0.29) is 23.7 Å². The molecule has 0 unspecified atom stereocenters. The van der Waals surface area contributed by atoms with Gasteiger partial charge in [0.2, 0.25) is 0 Å². The van der Waals surface area contributed by atoms with Gasteiger partial charge in [0, 0.05) is 44.2 Å². The van der Waals surface area contributed by atoms with Crippen LogP contribution in [-0.4, -0.2) is 84.0 Å². The van der Waals surface area contributed by atoms with Crippen LogP contribution in [0.5, 0.6) is 5.75 Å². The third kappa shape index (κ3) is 8.66. The fraction of sp³-hybridized carbons (Fsp3) is 0.500. The summed E-state index contributed by atoms with van der Waals surface area (Å²) in [7, 11) is -1.43. The van der Waals surface area contributed by atoms with E-state index in [0.717, 1.165) is 6.20 Å². The maximum Gasteiger partial charge on any atom is 0.414 e. The molecule has 0 bridgehead atoms. The highest BCUT2D eigenvalue weighted by Gasteiger charge is 2.46. The molecule has 0 saturated carbocycles. The van der Waals surface area contributed by atoms with Gasteiger partial charge in [0.15, 0.2) is 0 Å². The van der Waals surface area contributed by atoms with Crippen LogP contribution in [0.15, 0.2) is 53.7 Å². The normalized spacial score (nSPS) is 17.4. The van der Waals surface area contributed by atoms with Gasteiger partial charge in [-0.2, -0.15) is 0 Å². The summed E-state index contributed by atoms with van der Waals surface area (Å²) in [5.41, 5.74) is -0.294. The van der Waals surface area contributed by atoms with Crippen molar-refractivity contribution in [3.05, 3.63) is 54.4 Å². The number of rotatable bonds is 9. The molecular weight excluding hydrogens is 568 g/mol. The van der Waals surface area contributed by atoms with Gasteiger partial charge >= 0.3 is 12.1 Å². The van der Waals surface area contributed by atoms with Crippen LogP contribution in [0.4, 0.5) is 4.79 Å². The lowest BCUT2D eigenvalue weighted by Gasteiger charge is -2.32. The molecule has 11 nitrogen and oxygen atoms in total. The lowest BCUT2D eigenvalue weighted by atomic mass is 9.98. The second-order valence-corrected chi connectivity index (χ2v) is 14.8. The fourth-order valence-corrected chi connectivity index (χ4v) is 6.69. The highest BCUT2D eigenvalue weighted by Crippen LogP contribution is 2.31. The Kier molecular flexibility index (Phi) is 10.1. The number of aromatic nitrogens is 1. The number of thioether (sulfide) groups is 1. The molecule has 2 heterocycles. The summed E-state index contributed by atoms with van der Waals surface area (Å²) in [5.74, 6) is -0.801. The van der Waals surface area contributed by atoms with Gasteiger partial charge in [-0.3, -0.25) is 15.1 Å². The number of amides is 2. The Morgan fingerprint density at radius 3 is 2.32 bits per heavy atom. The zero-order chi connectivity index (χ0) is 30.6. The number of carbonyl (C=O) groups excluding carboxylic acids is 3. The molecule has 224 valence electrons. The van der Waals surface area contributed by atoms with Gasteiger partial charge in [-0.15, -0.1) is 11.8 Å². The molecule has 0 aliphatic carbocycles. The minimum absolute atomic E-state index is 0.0141. The predicted octanol–water partition coefficient (Wildman–Crippen LogP) is 3.30. The molecule has 1 aliphatic heterocycles. The topological polar surface area (TPSA) is 135 Å². The van der Waals surface area contributed by atoms with Crippen molar-refractivity contribution in [2.45, 2.75) is 62.9 Å². The second-order valence-electron chi connectivity index (χ2n) is 11.8. The van der Waals surface area contributed by atoms with Crippen LogP contribution < -0.4 is 10.1 Å². The molecule has 2 atom stereocenters. The van der Waals surface area contributed by atoms with E-state index in [4.69, 9.17) is 9.47 Å². The SMILES string of the molecule is CN(C)C(=O)Oc1ccc(C[C@@H](C(=O)OCC(C)(C)C)N(C(=O)[C@H]2NC(C)(C)CS2)S(=O)(=O)c2cccnc2)cc1. The van der Waals surface area contributed by atoms with E-state index in [1.54, 1.807) is 26.2 Å². The van der Waals surface area contributed by atoms with Gasteiger partial charge in [-0.05, 0) is 49.1 Å². The molecule has 41 heavy (non-hydrogen) atoms. The lowest BCUT2D eigenvalue weighted by Crippen LogP contribution is -2.56. The average molecular weight is 607 g/mol. The predicted molar refractivity (Wildman–Crippen MR) is 156 cm³/mol. The van der Waals surface area contributed by atoms with Crippen LogP contribution in [-0.2, 0) is 30.8 Å². The molecule has 1 aromatic heterocycles. The molecule has 2 amide bonds. The third-order valence-corrected chi connectivity index (χ3v) is 9.22. The fourth-order valence-electron chi connectivity index (χ4n) is 3.79. The number of benzene rings is 1. The summed E-state index contributed by atoms with van der Waals surface area (Å²) in [6.45, 7) is 9.46. The summed E-state index contributed by atoms with van der Waals surface area (Å²) < 4.78 is 39.5. The molecule has 3 rings (SSSR count).